The number of carbonyl (C=O) groups excluding carboxylic acids is 2. The lowest BCUT2D eigenvalue weighted by Crippen LogP contribution is -2.47. The van der Waals surface area contributed by atoms with Crippen molar-refractivity contribution in [1.29, 1.82) is 0 Å². The average Bonchev–Trinajstić information content (AvgIpc) is 3.16. The van der Waals surface area contributed by atoms with Gasteiger partial charge >= 0.3 is 0 Å². The van der Waals surface area contributed by atoms with Crippen LogP contribution in [0.2, 0.25) is 0 Å². The molecular formula is C25H28N2O7S. The molecule has 0 aromatic heterocycles. The van der Waals surface area contributed by atoms with E-state index >= 15 is 0 Å². The molecule has 2 aliphatic rings. The maximum Gasteiger partial charge on any atom is 0.261 e. The quantitative estimate of drug-likeness (QED) is 0.560. The Morgan fingerprint density at radius 2 is 1.89 bits per heavy atom. The number of hydrogen-bond acceptors (Lipinski definition) is 9. The van der Waals surface area contributed by atoms with Crippen molar-refractivity contribution in [3.8, 4) is 28.7 Å². The van der Waals surface area contributed by atoms with E-state index in [1.807, 2.05) is 31.2 Å². The van der Waals surface area contributed by atoms with E-state index in [1.165, 1.54) is 26.0 Å². The Kier molecular flexibility index (Phi) is 6.84. The van der Waals surface area contributed by atoms with Crippen molar-refractivity contribution in [1.82, 2.24) is 0 Å². The highest BCUT2D eigenvalue weighted by molar-refractivity contribution is 8.15. The van der Waals surface area contributed by atoms with E-state index in [0.717, 1.165) is 5.56 Å². The van der Waals surface area contributed by atoms with Gasteiger partial charge in [0.1, 0.15) is 18.0 Å². The van der Waals surface area contributed by atoms with E-state index in [1.54, 1.807) is 6.92 Å². The molecule has 2 unspecified atom stereocenters. The lowest BCUT2D eigenvalue weighted by atomic mass is 9.86. The van der Waals surface area contributed by atoms with Gasteiger partial charge in [0.05, 0.1) is 31.5 Å². The highest BCUT2D eigenvalue weighted by atomic mass is 32.2. The molecule has 186 valence electrons. The molecule has 2 atom stereocenters. The lowest BCUT2D eigenvalue weighted by molar-refractivity contribution is -0.117. The number of thioether (sulfide) groups is 1. The minimum absolute atomic E-state index is 0.0901. The van der Waals surface area contributed by atoms with Crippen molar-refractivity contribution in [3.05, 3.63) is 41.0 Å². The molecule has 0 bridgehead atoms. The first-order valence-corrected chi connectivity index (χ1v) is 12.1. The summed E-state index contributed by atoms with van der Waals surface area (Å²) in [6.45, 7) is 3.69. The fourth-order valence-electron chi connectivity index (χ4n) is 4.29. The number of carbonyl (C=O) groups is 2. The van der Waals surface area contributed by atoms with Crippen LogP contribution in [0.25, 0.3) is 0 Å². The van der Waals surface area contributed by atoms with Crippen LogP contribution in [0.3, 0.4) is 0 Å². The third-order valence-corrected chi connectivity index (χ3v) is 7.31. The van der Waals surface area contributed by atoms with Crippen LogP contribution in [0, 0.1) is 6.92 Å². The van der Waals surface area contributed by atoms with Gasteiger partial charge in [0.25, 0.3) is 5.91 Å². The summed E-state index contributed by atoms with van der Waals surface area (Å²) in [6, 6.07) is 7.41. The van der Waals surface area contributed by atoms with Gasteiger partial charge in [0.15, 0.2) is 22.4 Å². The number of methoxy groups -OCH3 is 2. The lowest BCUT2D eigenvalue weighted by Gasteiger charge is -2.38. The zero-order valence-electron chi connectivity index (χ0n) is 20.0. The van der Waals surface area contributed by atoms with Crippen LogP contribution >= 0.6 is 11.8 Å². The number of fused-ring (bicyclic) bond motifs is 1. The van der Waals surface area contributed by atoms with Gasteiger partial charge in [-0.3, -0.25) is 9.59 Å². The molecule has 10 heteroatoms. The number of nitrogens with two attached hydrogens (primary N) is 1. The second-order valence-corrected chi connectivity index (χ2v) is 9.74. The molecule has 1 amide bonds. The van der Waals surface area contributed by atoms with E-state index in [0.29, 0.717) is 29.3 Å². The SMILES string of the molecule is CCC1(COc2ccc(CC3SC(N)=NC3=O)cc2)CC(=O)c2c(C)c(O)c(OC)c(OC)c2O1. The minimum Gasteiger partial charge on any atom is -0.504 e. The van der Waals surface area contributed by atoms with Crippen LogP contribution in [0.4, 0.5) is 0 Å². The van der Waals surface area contributed by atoms with Crippen molar-refractivity contribution in [2.75, 3.05) is 20.8 Å². The maximum atomic E-state index is 13.2. The summed E-state index contributed by atoms with van der Waals surface area (Å²) < 4.78 is 23.2. The highest BCUT2D eigenvalue weighted by Crippen LogP contribution is 2.52. The van der Waals surface area contributed by atoms with Gasteiger partial charge in [0, 0.05) is 5.56 Å². The summed E-state index contributed by atoms with van der Waals surface area (Å²) in [5, 5.41) is 10.5. The average molecular weight is 501 g/mol. The molecule has 35 heavy (non-hydrogen) atoms. The van der Waals surface area contributed by atoms with Crippen molar-refractivity contribution in [2.45, 2.75) is 44.0 Å². The fraction of sp³-hybridized carbons (Fsp3) is 0.400. The zero-order chi connectivity index (χ0) is 25.3. The summed E-state index contributed by atoms with van der Waals surface area (Å²) >= 11 is 1.27. The van der Waals surface area contributed by atoms with Gasteiger partial charge in [-0.05, 0) is 37.5 Å². The molecule has 2 aromatic carbocycles. The number of aromatic hydroxyl groups is 1. The van der Waals surface area contributed by atoms with E-state index in [2.05, 4.69) is 4.99 Å². The van der Waals surface area contributed by atoms with Crippen LogP contribution in [0.15, 0.2) is 29.3 Å². The van der Waals surface area contributed by atoms with Crippen molar-refractivity contribution in [2.24, 2.45) is 10.7 Å². The Morgan fingerprint density at radius 1 is 1.20 bits per heavy atom. The van der Waals surface area contributed by atoms with Crippen LogP contribution in [-0.4, -0.2) is 53.6 Å². The molecule has 2 heterocycles. The Morgan fingerprint density at radius 3 is 2.46 bits per heavy atom. The molecule has 2 aliphatic heterocycles. The van der Waals surface area contributed by atoms with Gasteiger partial charge in [-0.2, -0.15) is 4.99 Å². The third kappa shape index (κ3) is 4.62. The number of benzene rings is 2. The molecule has 0 fully saturated rings. The van der Waals surface area contributed by atoms with Crippen molar-refractivity contribution in [3.63, 3.8) is 0 Å². The van der Waals surface area contributed by atoms with Crippen LogP contribution in [0.5, 0.6) is 28.7 Å². The Labute approximate surface area is 207 Å². The number of ether oxygens (including phenoxy) is 4. The third-order valence-electron chi connectivity index (χ3n) is 6.32. The normalized spacial score (nSPS) is 21.3. The molecule has 9 nitrogen and oxygen atoms in total. The highest BCUT2D eigenvalue weighted by Gasteiger charge is 2.44. The fourth-order valence-corrected chi connectivity index (χ4v) is 5.15. The molecule has 4 rings (SSSR count). The number of nitrogens with zero attached hydrogens (tertiary/aromatic N) is 1. The molecule has 0 saturated heterocycles. The second kappa shape index (κ2) is 9.69. The Bertz CT molecular complexity index is 1200. The minimum atomic E-state index is -0.924. The van der Waals surface area contributed by atoms with Gasteiger partial charge in [-0.15, -0.1) is 0 Å². The van der Waals surface area contributed by atoms with Gasteiger partial charge in [0.2, 0.25) is 11.5 Å². The van der Waals surface area contributed by atoms with E-state index < -0.39 is 5.60 Å². The van der Waals surface area contributed by atoms with E-state index in [4.69, 9.17) is 24.7 Å². The van der Waals surface area contributed by atoms with Crippen LogP contribution in [0.1, 0.15) is 41.3 Å². The van der Waals surface area contributed by atoms with Gasteiger partial charge in [-0.25, -0.2) is 0 Å². The molecular weight excluding hydrogens is 472 g/mol. The predicted molar refractivity (Wildman–Crippen MR) is 132 cm³/mol. The van der Waals surface area contributed by atoms with Crippen LogP contribution in [-0.2, 0) is 11.2 Å². The van der Waals surface area contributed by atoms with Gasteiger partial charge in [-0.1, -0.05) is 30.8 Å². The van der Waals surface area contributed by atoms with E-state index in [9.17, 15) is 14.7 Å². The van der Waals surface area contributed by atoms with Crippen molar-refractivity contribution < 1.29 is 33.6 Å². The number of rotatable bonds is 8. The number of Topliss-reactive ketones (excluding diaryl/α,β-unsaturated/α-hetero) is 1. The smallest absolute Gasteiger partial charge is 0.261 e. The standard InChI is InChI=1S/C25H28N2O7S/c1-5-25(11-16(28)18-13(2)19(29)21(31-3)22(32-4)20(18)34-25)12-33-15-8-6-14(7-9-15)10-17-23(30)27-24(26)35-17/h6-9,17,29H,5,10-12H2,1-4H3,(H2,26,27,30). The first-order chi connectivity index (χ1) is 16.7. The Hall–Kier alpha value is -3.40. The summed E-state index contributed by atoms with van der Waals surface area (Å²) in [5.74, 6) is 0.616. The zero-order valence-corrected chi connectivity index (χ0v) is 20.9. The molecule has 0 saturated carbocycles. The predicted octanol–water partition coefficient (Wildman–Crippen LogP) is 3.41. The summed E-state index contributed by atoms with van der Waals surface area (Å²) in [6.07, 6.45) is 1.12. The van der Waals surface area contributed by atoms with Crippen molar-refractivity contribution >= 4 is 28.6 Å². The number of ketones is 1. The number of phenols is 1. The number of amidine groups is 1. The monoisotopic (exact) mass is 500 g/mol. The molecule has 0 aliphatic carbocycles. The maximum absolute atomic E-state index is 13.2. The number of phenolic OH excluding ortho intramolecular Hbond substituents is 1. The molecule has 2 aromatic rings. The summed E-state index contributed by atoms with van der Waals surface area (Å²) in [4.78, 5) is 28.8. The summed E-state index contributed by atoms with van der Waals surface area (Å²) in [5.41, 5.74) is 6.34. The molecule has 0 spiro atoms. The molecule has 3 N–H and O–H groups in total. The largest absolute Gasteiger partial charge is 0.504 e. The Balaban J connectivity index is 1.51. The second-order valence-electron chi connectivity index (χ2n) is 8.51. The van der Waals surface area contributed by atoms with E-state index in [-0.39, 0.29) is 58.5 Å². The number of aliphatic imine (C=N–C) groups is 1. The number of amides is 1. The first kappa shape index (κ1) is 24.7. The first-order valence-electron chi connectivity index (χ1n) is 11.2. The summed E-state index contributed by atoms with van der Waals surface area (Å²) in [7, 11) is 2.84. The topological polar surface area (TPSA) is 130 Å². The van der Waals surface area contributed by atoms with Crippen LogP contribution < -0.4 is 24.7 Å². The van der Waals surface area contributed by atoms with Gasteiger partial charge < -0.3 is 29.8 Å². The number of hydrogen-bond donors (Lipinski definition) is 2. The molecule has 0 radical (unpaired) electrons.